The van der Waals surface area contributed by atoms with Crippen LogP contribution in [0, 0.1) is 6.92 Å². The first kappa shape index (κ1) is 13.5. The molecule has 1 aromatic carbocycles. The Hall–Kier alpha value is -0.940. The predicted molar refractivity (Wildman–Crippen MR) is 69.3 cm³/mol. The quantitative estimate of drug-likeness (QED) is 0.704. The Bertz CT molecular complexity index is 384. The first-order chi connectivity index (χ1) is 8.58. The van der Waals surface area contributed by atoms with Gasteiger partial charge in [0.25, 0.3) is 0 Å². The van der Waals surface area contributed by atoms with Gasteiger partial charge in [-0.3, -0.25) is 4.90 Å². The molecule has 0 saturated carbocycles. The lowest BCUT2D eigenvalue weighted by atomic mass is 10.0. The van der Waals surface area contributed by atoms with Crippen molar-refractivity contribution >= 4 is 0 Å². The highest BCUT2D eigenvalue weighted by Gasteiger charge is 2.32. The molecule has 0 bridgehead atoms. The Kier molecular flexibility index (Phi) is 4.35. The Labute approximate surface area is 107 Å². The first-order valence-corrected chi connectivity index (χ1v) is 6.39. The lowest BCUT2D eigenvalue weighted by molar-refractivity contribution is -0.109. The van der Waals surface area contributed by atoms with Crippen molar-refractivity contribution in [3.05, 3.63) is 35.4 Å². The van der Waals surface area contributed by atoms with Gasteiger partial charge in [-0.2, -0.15) is 0 Å². The van der Waals surface area contributed by atoms with Crippen LogP contribution in [0.4, 0.5) is 0 Å². The number of aliphatic hydroxyl groups excluding tert-OH is 3. The third kappa shape index (κ3) is 3.09. The van der Waals surface area contributed by atoms with E-state index in [1.165, 1.54) is 11.1 Å². The number of aliphatic hydroxyl groups is 3. The molecule has 4 heteroatoms. The van der Waals surface area contributed by atoms with Crippen LogP contribution in [0.25, 0.3) is 0 Å². The number of hydrogen-bond acceptors (Lipinski definition) is 4. The molecule has 1 aromatic rings. The average molecular weight is 251 g/mol. The van der Waals surface area contributed by atoms with E-state index < -0.39 is 18.3 Å². The van der Waals surface area contributed by atoms with Crippen LogP contribution in [-0.2, 0) is 6.42 Å². The van der Waals surface area contributed by atoms with Crippen molar-refractivity contribution in [2.45, 2.75) is 31.7 Å². The summed E-state index contributed by atoms with van der Waals surface area (Å²) < 4.78 is 0. The highest BCUT2D eigenvalue weighted by molar-refractivity contribution is 5.25. The topological polar surface area (TPSA) is 63.9 Å². The molecular formula is C14H21NO3. The number of likely N-dealkylation sites (tertiary alicyclic amines) is 1. The molecule has 0 radical (unpaired) electrons. The van der Waals surface area contributed by atoms with Crippen molar-refractivity contribution < 1.29 is 15.3 Å². The van der Waals surface area contributed by atoms with Gasteiger partial charge in [-0.25, -0.2) is 0 Å². The summed E-state index contributed by atoms with van der Waals surface area (Å²) in [4.78, 5) is 1.99. The molecule has 100 valence electrons. The molecular weight excluding hydrogens is 230 g/mol. The van der Waals surface area contributed by atoms with Gasteiger partial charge in [-0.1, -0.05) is 24.3 Å². The molecule has 0 spiro atoms. The molecule has 0 aromatic heterocycles. The fraction of sp³-hybridized carbons (Fsp3) is 0.571. The molecule has 1 heterocycles. The Morgan fingerprint density at radius 3 is 2.33 bits per heavy atom. The maximum absolute atomic E-state index is 9.62. The number of rotatable bonds is 3. The zero-order valence-electron chi connectivity index (χ0n) is 10.7. The van der Waals surface area contributed by atoms with Crippen LogP contribution in [0.1, 0.15) is 11.1 Å². The van der Waals surface area contributed by atoms with Crippen molar-refractivity contribution in [3.8, 4) is 0 Å². The molecule has 1 saturated heterocycles. The van der Waals surface area contributed by atoms with E-state index in [-0.39, 0.29) is 0 Å². The van der Waals surface area contributed by atoms with Gasteiger partial charge in [0, 0.05) is 19.6 Å². The molecule has 1 aliphatic heterocycles. The number of aryl methyl sites for hydroxylation is 1. The Morgan fingerprint density at radius 2 is 1.72 bits per heavy atom. The van der Waals surface area contributed by atoms with E-state index in [2.05, 4.69) is 19.1 Å². The third-order valence-corrected chi connectivity index (χ3v) is 3.64. The molecule has 3 N–H and O–H groups in total. The van der Waals surface area contributed by atoms with E-state index in [0.717, 1.165) is 13.0 Å². The zero-order valence-corrected chi connectivity index (χ0v) is 10.7. The summed E-state index contributed by atoms with van der Waals surface area (Å²) >= 11 is 0. The normalized spacial score (nSPS) is 29.4. The second kappa shape index (κ2) is 5.80. The van der Waals surface area contributed by atoms with Gasteiger partial charge < -0.3 is 15.3 Å². The standard InChI is InChI=1S/C14H21NO3/c1-10-4-2-3-5-11(10)6-7-15-8-12(16)14(18)13(17)9-15/h2-5,12-14,16-18H,6-9H2,1H3/t12-,13+,14?. The summed E-state index contributed by atoms with van der Waals surface area (Å²) in [7, 11) is 0. The van der Waals surface area contributed by atoms with Crippen LogP contribution in [0.3, 0.4) is 0 Å². The fourth-order valence-corrected chi connectivity index (χ4v) is 2.43. The largest absolute Gasteiger partial charge is 0.389 e. The summed E-state index contributed by atoms with van der Waals surface area (Å²) in [5, 5.41) is 28.7. The predicted octanol–water partition coefficient (Wildman–Crippen LogP) is -0.0642. The SMILES string of the molecule is Cc1ccccc1CCN1C[C@@H](O)C(O)[C@@H](O)C1. The van der Waals surface area contributed by atoms with Crippen molar-refractivity contribution in [2.75, 3.05) is 19.6 Å². The number of nitrogens with zero attached hydrogens (tertiary/aromatic N) is 1. The van der Waals surface area contributed by atoms with Crippen LogP contribution in [0.2, 0.25) is 0 Å². The van der Waals surface area contributed by atoms with Gasteiger partial charge in [-0.15, -0.1) is 0 Å². The summed E-state index contributed by atoms with van der Waals surface area (Å²) in [5.74, 6) is 0. The van der Waals surface area contributed by atoms with Crippen LogP contribution >= 0.6 is 0 Å². The van der Waals surface area contributed by atoms with E-state index in [0.29, 0.717) is 13.1 Å². The van der Waals surface area contributed by atoms with Crippen LogP contribution in [0.5, 0.6) is 0 Å². The molecule has 4 nitrogen and oxygen atoms in total. The minimum absolute atomic E-state index is 0.421. The monoisotopic (exact) mass is 251 g/mol. The van der Waals surface area contributed by atoms with Gasteiger partial charge in [0.2, 0.25) is 0 Å². The molecule has 1 fully saturated rings. The first-order valence-electron chi connectivity index (χ1n) is 6.39. The number of piperidine rings is 1. The number of benzene rings is 1. The van der Waals surface area contributed by atoms with E-state index in [9.17, 15) is 15.3 Å². The van der Waals surface area contributed by atoms with Gasteiger partial charge in [0.05, 0.1) is 12.2 Å². The number of hydrogen-bond donors (Lipinski definition) is 3. The molecule has 1 unspecified atom stereocenters. The van der Waals surface area contributed by atoms with Crippen LogP contribution < -0.4 is 0 Å². The lowest BCUT2D eigenvalue weighted by Gasteiger charge is -2.36. The van der Waals surface area contributed by atoms with Crippen molar-refractivity contribution in [1.29, 1.82) is 0 Å². The molecule has 1 aliphatic rings. The van der Waals surface area contributed by atoms with Gasteiger partial charge >= 0.3 is 0 Å². The maximum Gasteiger partial charge on any atom is 0.108 e. The van der Waals surface area contributed by atoms with Crippen molar-refractivity contribution in [1.82, 2.24) is 4.90 Å². The molecule has 2 rings (SSSR count). The molecule has 3 atom stereocenters. The highest BCUT2D eigenvalue weighted by atomic mass is 16.4. The van der Waals surface area contributed by atoms with Gasteiger partial charge in [-0.05, 0) is 24.5 Å². The van der Waals surface area contributed by atoms with Gasteiger partial charge in [0.1, 0.15) is 6.10 Å². The van der Waals surface area contributed by atoms with Crippen LogP contribution in [-0.4, -0.2) is 58.2 Å². The third-order valence-electron chi connectivity index (χ3n) is 3.64. The minimum Gasteiger partial charge on any atom is -0.389 e. The molecule has 0 amide bonds. The minimum atomic E-state index is -1.01. The fourth-order valence-electron chi connectivity index (χ4n) is 2.43. The van der Waals surface area contributed by atoms with Crippen molar-refractivity contribution in [3.63, 3.8) is 0 Å². The average Bonchev–Trinajstić information content (AvgIpc) is 2.35. The molecule has 18 heavy (non-hydrogen) atoms. The Morgan fingerprint density at radius 1 is 1.11 bits per heavy atom. The second-order valence-corrected chi connectivity index (χ2v) is 5.06. The number of β-amino-alcohol motifs (C(OH)–C–C–N with tert-alkyl or cyclic N) is 2. The van der Waals surface area contributed by atoms with Gasteiger partial charge in [0.15, 0.2) is 0 Å². The molecule has 0 aliphatic carbocycles. The maximum atomic E-state index is 9.62. The van der Waals surface area contributed by atoms with E-state index >= 15 is 0 Å². The van der Waals surface area contributed by atoms with Crippen LogP contribution in [0.15, 0.2) is 24.3 Å². The van der Waals surface area contributed by atoms with E-state index in [4.69, 9.17) is 0 Å². The smallest absolute Gasteiger partial charge is 0.108 e. The summed E-state index contributed by atoms with van der Waals surface area (Å²) in [6.07, 6.45) is -1.83. The lowest BCUT2D eigenvalue weighted by Crippen LogP contribution is -2.55. The summed E-state index contributed by atoms with van der Waals surface area (Å²) in [6, 6.07) is 8.22. The summed E-state index contributed by atoms with van der Waals surface area (Å²) in [6.45, 7) is 3.71. The summed E-state index contributed by atoms with van der Waals surface area (Å²) in [5.41, 5.74) is 2.54. The second-order valence-electron chi connectivity index (χ2n) is 5.06. The zero-order chi connectivity index (χ0) is 13.1. The Balaban J connectivity index is 1.89. The van der Waals surface area contributed by atoms with Crippen molar-refractivity contribution in [2.24, 2.45) is 0 Å². The highest BCUT2D eigenvalue weighted by Crippen LogP contribution is 2.14. The van der Waals surface area contributed by atoms with E-state index in [1.54, 1.807) is 0 Å². The van der Waals surface area contributed by atoms with E-state index in [1.807, 2.05) is 17.0 Å².